The van der Waals surface area contributed by atoms with Gasteiger partial charge in [-0.05, 0) is 48.0 Å². The fourth-order valence-corrected chi connectivity index (χ4v) is 3.87. The van der Waals surface area contributed by atoms with Gasteiger partial charge in [-0.1, -0.05) is 36.1 Å². The summed E-state index contributed by atoms with van der Waals surface area (Å²) in [6, 6.07) is 13.6. The van der Waals surface area contributed by atoms with E-state index in [0.717, 1.165) is 5.56 Å². The Hall–Kier alpha value is -2.84. The average molecular weight is 415 g/mol. The minimum Gasteiger partial charge on any atom is -0.508 e. The molecule has 0 aliphatic carbocycles. The normalized spacial score (nSPS) is 15.2. The lowest BCUT2D eigenvalue weighted by atomic mass is 10.2. The molecule has 6 nitrogen and oxygen atoms in total. The molecule has 2 aromatic rings. The molecule has 0 radical (unpaired) electrons. The van der Waals surface area contributed by atoms with Gasteiger partial charge >= 0.3 is 0 Å². The minimum absolute atomic E-state index is 0.111. The van der Waals surface area contributed by atoms with Crippen LogP contribution in [0.5, 0.6) is 11.5 Å². The standard InChI is InChI=1S/C20H18N2O4S2/c1-26-16-4-2-3-13(11-16)12-17-19(25)22(20(27)28-17)10-9-18(24)21-14-5-7-15(23)8-6-14/h2-8,11-12,23H,9-10H2,1H3,(H,21,24)/b17-12+. The Kier molecular flexibility index (Phi) is 6.33. The zero-order valence-electron chi connectivity index (χ0n) is 15.0. The van der Waals surface area contributed by atoms with E-state index in [2.05, 4.69) is 5.32 Å². The molecule has 28 heavy (non-hydrogen) atoms. The van der Waals surface area contributed by atoms with E-state index in [1.807, 2.05) is 24.3 Å². The van der Waals surface area contributed by atoms with Crippen LogP contribution in [0.3, 0.4) is 0 Å². The van der Waals surface area contributed by atoms with Gasteiger partial charge in [0.1, 0.15) is 15.8 Å². The summed E-state index contributed by atoms with van der Waals surface area (Å²) in [6.07, 6.45) is 1.87. The molecule has 0 bridgehead atoms. The van der Waals surface area contributed by atoms with Crippen LogP contribution in [0.4, 0.5) is 5.69 Å². The van der Waals surface area contributed by atoms with Crippen molar-refractivity contribution < 1.29 is 19.4 Å². The Balaban J connectivity index is 1.61. The van der Waals surface area contributed by atoms with E-state index in [4.69, 9.17) is 17.0 Å². The number of phenolic OH excluding ortho intramolecular Hbond substituents is 1. The second-order valence-electron chi connectivity index (χ2n) is 5.96. The molecule has 1 saturated heterocycles. The van der Waals surface area contributed by atoms with E-state index < -0.39 is 0 Å². The molecule has 2 N–H and O–H groups in total. The minimum atomic E-state index is -0.239. The molecule has 1 aliphatic rings. The second kappa shape index (κ2) is 8.90. The van der Waals surface area contributed by atoms with Gasteiger partial charge < -0.3 is 15.2 Å². The van der Waals surface area contributed by atoms with Crippen LogP contribution in [-0.2, 0) is 9.59 Å². The molecule has 3 rings (SSSR count). The highest BCUT2D eigenvalue weighted by Gasteiger charge is 2.32. The van der Waals surface area contributed by atoms with Crippen molar-refractivity contribution in [1.82, 2.24) is 4.90 Å². The van der Waals surface area contributed by atoms with Crippen LogP contribution >= 0.6 is 24.0 Å². The highest BCUT2D eigenvalue weighted by Crippen LogP contribution is 2.33. The molecular weight excluding hydrogens is 396 g/mol. The quantitative estimate of drug-likeness (QED) is 0.427. The van der Waals surface area contributed by atoms with Crippen molar-refractivity contribution in [2.45, 2.75) is 6.42 Å². The monoisotopic (exact) mass is 414 g/mol. The molecule has 2 amide bonds. The number of phenols is 1. The van der Waals surface area contributed by atoms with Gasteiger partial charge in [-0.15, -0.1) is 0 Å². The van der Waals surface area contributed by atoms with E-state index in [0.29, 0.717) is 20.7 Å². The number of carbonyl (C=O) groups excluding carboxylic acids is 2. The number of rotatable bonds is 6. The zero-order valence-corrected chi connectivity index (χ0v) is 16.7. The number of carbonyl (C=O) groups is 2. The molecule has 0 aromatic heterocycles. The number of nitrogens with zero attached hydrogens (tertiary/aromatic N) is 1. The lowest BCUT2D eigenvalue weighted by Gasteiger charge is -2.14. The van der Waals surface area contributed by atoms with Crippen molar-refractivity contribution in [2.24, 2.45) is 0 Å². The second-order valence-corrected chi connectivity index (χ2v) is 7.63. The summed E-state index contributed by atoms with van der Waals surface area (Å²) in [5, 5.41) is 12.0. The van der Waals surface area contributed by atoms with Gasteiger partial charge in [0.2, 0.25) is 5.91 Å². The van der Waals surface area contributed by atoms with E-state index in [1.165, 1.54) is 28.8 Å². The van der Waals surface area contributed by atoms with Crippen LogP contribution in [0.2, 0.25) is 0 Å². The fraction of sp³-hybridized carbons (Fsp3) is 0.150. The van der Waals surface area contributed by atoms with Crippen molar-refractivity contribution >= 4 is 51.9 Å². The van der Waals surface area contributed by atoms with Gasteiger partial charge in [0.05, 0.1) is 12.0 Å². The number of hydrogen-bond donors (Lipinski definition) is 2. The number of thiocarbonyl (C=S) groups is 1. The van der Waals surface area contributed by atoms with Gasteiger partial charge in [-0.25, -0.2) is 0 Å². The van der Waals surface area contributed by atoms with Gasteiger partial charge in [0, 0.05) is 18.7 Å². The third kappa shape index (κ3) is 4.90. The van der Waals surface area contributed by atoms with E-state index >= 15 is 0 Å². The summed E-state index contributed by atoms with van der Waals surface area (Å²) < 4.78 is 5.62. The molecule has 0 atom stereocenters. The maximum absolute atomic E-state index is 12.6. The highest BCUT2D eigenvalue weighted by atomic mass is 32.2. The van der Waals surface area contributed by atoms with E-state index in [1.54, 1.807) is 25.3 Å². The van der Waals surface area contributed by atoms with Gasteiger partial charge in [-0.2, -0.15) is 0 Å². The third-order valence-electron chi connectivity index (χ3n) is 3.98. The lowest BCUT2D eigenvalue weighted by Crippen LogP contribution is -2.31. The molecule has 1 heterocycles. The number of thioether (sulfide) groups is 1. The fourth-order valence-electron chi connectivity index (χ4n) is 2.56. The average Bonchev–Trinajstić information content (AvgIpc) is 2.95. The van der Waals surface area contributed by atoms with Crippen molar-refractivity contribution in [3.8, 4) is 11.5 Å². The molecule has 0 unspecified atom stereocenters. The van der Waals surface area contributed by atoms with E-state index in [-0.39, 0.29) is 30.5 Å². The van der Waals surface area contributed by atoms with Crippen molar-refractivity contribution in [2.75, 3.05) is 19.0 Å². The Morgan fingerprint density at radius 1 is 1.29 bits per heavy atom. The number of benzene rings is 2. The van der Waals surface area contributed by atoms with Crippen molar-refractivity contribution in [3.63, 3.8) is 0 Å². The van der Waals surface area contributed by atoms with Crippen LogP contribution in [0.15, 0.2) is 53.4 Å². The topological polar surface area (TPSA) is 78.9 Å². The summed E-state index contributed by atoms with van der Waals surface area (Å²) in [4.78, 5) is 26.7. The van der Waals surface area contributed by atoms with Crippen molar-refractivity contribution in [3.05, 3.63) is 59.0 Å². The summed E-state index contributed by atoms with van der Waals surface area (Å²) in [5.74, 6) is 0.375. The number of nitrogens with one attached hydrogen (secondary N) is 1. The molecule has 0 spiro atoms. The summed E-state index contributed by atoms with van der Waals surface area (Å²) in [7, 11) is 1.59. The Morgan fingerprint density at radius 2 is 2.04 bits per heavy atom. The van der Waals surface area contributed by atoms with Gasteiger partial charge in [0.15, 0.2) is 0 Å². The lowest BCUT2D eigenvalue weighted by molar-refractivity contribution is -0.122. The molecule has 1 aliphatic heterocycles. The Bertz CT molecular complexity index is 941. The zero-order chi connectivity index (χ0) is 20.1. The molecule has 2 aromatic carbocycles. The number of amides is 2. The maximum Gasteiger partial charge on any atom is 0.266 e. The van der Waals surface area contributed by atoms with E-state index in [9.17, 15) is 14.7 Å². The Labute approximate surface area is 172 Å². The molecule has 8 heteroatoms. The summed E-state index contributed by atoms with van der Waals surface area (Å²) in [5.41, 5.74) is 1.41. The first-order valence-electron chi connectivity index (χ1n) is 8.44. The smallest absolute Gasteiger partial charge is 0.266 e. The third-order valence-corrected chi connectivity index (χ3v) is 5.36. The first-order chi connectivity index (χ1) is 13.5. The maximum atomic E-state index is 12.6. The number of aromatic hydroxyl groups is 1. The first kappa shape index (κ1) is 19.9. The van der Waals surface area contributed by atoms with Crippen molar-refractivity contribution in [1.29, 1.82) is 0 Å². The summed E-state index contributed by atoms with van der Waals surface area (Å²) >= 11 is 6.51. The van der Waals surface area contributed by atoms with Gasteiger partial charge in [0.25, 0.3) is 5.91 Å². The number of hydrogen-bond acceptors (Lipinski definition) is 6. The number of methoxy groups -OCH3 is 1. The summed E-state index contributed by atoms with van der Waals surface area (Å²) in [6.45, 7) is 0.198. The SMILES string of the molecule is COc1cccc(/C=C2/SC(=S)N(CCC(=O)Nc3ccc(O)cc3)C2=O)c1. The van der Waals surface area contributed by atoms with Crippen LogP contribution in [-0.4, -0.2) is 39.8 Å². The Morgan fingerprint density at radius 3 is 2.75 bits per heavy atom. The molecule has 0 saturated carbocycles. The van der Waals surface area contributed by atoms with Gasteiger partial charge in [-0.3, -0.25) is 14.5 Å². The van der Waals surface area contributed by atoms with Crippen LogP contribution in [0, 0.1) is 0 Å². The van der Waals surface area contributed by atoms with Crippen LogP contribution in [0.1, 0.15) is 12.0 Å². The molecule has 1 fully saturated rings. The van der Waals surface area contributed by atoms with Crippen LogP contribution < -0.4 is 10.1 Å². The highest BCUT2D eigenvalue weighted by molar-refractivity contribution is 8.26. The largest absolute Gasteiger partial charge is 0.508 e. The number of anilines is 1. The molecular formula is C20H18N2O4S2. The predicted octanol–water partition coefficient (Wildman–Crippen LogP) is 3.63. The number of ether oxygens (including phenoxy) is 1. The molecule has 144 valence electrons. The predicted molar refractivity (Wildman–Crippen MR) is 114 cm³/mol. The first-order valence-corrected chi connectivity index (χ1v) is 9.67. The van der Waals surface area contributed by atoms with Crippen LogP contribution in [0.25, 0.3) is 6.08 Å².